The molecular weight excluding hydrogens is 1500 g/mol. The van der Waals surface area contributed by atoms with Gasteiger partial charge < -0.3 is 0 Å². The molecule has 6 aromatic rings. The van der Waals surface area contributed by atoms with Gasteiger partial charge in [-0.1, -0.05) is 53.4 Å². The van der Waals surface area contributed by atoms with Crippen molar-refractivity contribution in [2.24, 2.45) is 0 Å². The van der Waals surface area contributed by atoms with Gasteiger partial charge in [0.05, 0.1) is 0 Å². The second-order valence-electron chi connectivity index (χ2n) is 23.8. The third-order valence-electron chi connectivity index (χ3n) is 16.7. The Balaban J connectivity index is 1.16. The molecule has 0 radical (unpaired) electrons. The summed E-state index contributed by atoms with van der Waals surface area (Å²) in [5, 5.41) is 0. The summed E-state index contributed by atoms with van der Waals surface area (Å²) < 4.78 is 20.3. The van der Waals surface area contributed by atoms with Gasteiger partial charge in [0.2, 0.25) is 0 Å². The topological polar surface area (TPSA) is 0 Å². The molecule has 0 aliphatic rings. The van der Waals surface area contributed by atoms with E-state index in [0.29, 0.717) is 87.0 Å². The zero-order valence-corrected chi connectivity index (χ0v) is 64.4. The molecule has 0 unspecified atom stereocenters. The van der Waals surface area contributed by atoms with Crippen LogP contribution in [-0.2, 0) is 25.7 Å². The van der Waals surface area contributed by atoms with Crippen LogP contribution in [0, 0.1) is 0 Å². The molecular formula is C72H108Br2Se6. The third-order valence-corrected chi connectivity index (χ3v) is 36.3. The number of unbranched alkanes of at least 4 members (excludes halogenated alkanes) is 36. The normalized spacial score (nSPS) is 11.8. The maximum atomic E-state index is 4.06. The molecule has 80 heavy (non-hydrogen) atoms. The number of aryl methyl sites for hydroxylation is 4. The van der Waals surface area contributed by atoms with E-state index in [1.807, 2.05) is 0 Å². The summed E-state index contributed by atoms with van der Waals surface area (Å²) in [5.41, 5.74) is 6.81. The summed E-state index contributed by atoms with van der Waals surface area (Å²) in [6.45, 7) is 9.32. The van der Waals surface area contributed by atoms with Gasteiger partial charge in [-0.2, -0.15) is 0 Å². The second-order valence-corrected chi connectivity index (χ2v) is 41.2. The summed E-state index contributed by atoms with van der Waals surface area (Å²) in [6.07, 6.45) is 61.6. The molecule has 0 N–H and O–H groups in total. The van der Waals surface area contributed by atoms with Crippen LogP contribution in [0.15, 0.2) is 55.2 Å². The molecule has 0 fully saturated rings. The quantitative estimate of drug-likeness (QED) is 0.0264. The van der Waals surface area contributed by atoms with E-state index in [2.05, 4.69) is 108 Å². The summed E-state index contributed by atoms with van der Waals surface area (Å²) in [5.74, 6) is 0. The molecule has 6 heterocycles. The molecule has 0 nitrogen and oxygen atoms in total. The summed E-state index contributed by atoms with van der Waals surface area (Å²) >= 11 is 10.6. The van der Waals surface area contributed by atoms with Gasteiger partial charge in [0, 0.05) is 0 Å². The first-order chi connectivity index (χ1) is 39.4. The fraction of sp³-hybridized carbons (Fsp3) is 0.667. The van der Waals surface area contributed by atoms with E-state index in [0.717, 1.165) is 0 Å². The van der Waals surface area contributed by atoms with Crippen LogP contribution >= 0.6 is 31.9 Å². The van der Waals surface area contributed by atoms with Crippen LogP contribution in [0.2, 0.25) is 0 Å². The van der Waals surface area contributed by atoms with Crippen molar-refractivity contribution in [3.8, 4) is 44.4 Å². The summed E-state index contributed by atoms with van der Waals surface area (Å²) in [6, 6.07) is 21.1. The number of hydrogen-bond donors (Lipinski definition) is 0. The Hall–Kier alpha value is 0.957. The molecule has 6 rings (SSSR count). The Morgan fingerprint density at radius 1 is 0.225 bits per heavy atom. The van der Waals surface area contributed by atoms with Gasteiger partial charge >= 0.3 is 498 Å². The molecule has 0 aliphatic heterocycles. The van der Waals surface area contributed by atoms with Crippen molar-refractivity contribution in [3.63, 3.8) is 0 Å². The van der Waals surface area contributed by atoms with Crippen LogP contribution in [0.3, 0.4) is 0 Å². The van der Waals surface area contributed by atoms with Gasteiger partial charge in [0.25, 0.3) is 0 Å². The van der Waals surface area contributed by atoms with Crippen LogP contribution in [0.5, 0.6) is 0 Å². The molecule has 0 bridgehead atoms. The molecule has 0 aromatic carbocycles. The van der Waals surface area contributed by atoms with E-state index in [-0.39, 0.29) is 0 Å². The van der Waals surface area contributed by atoms with Crippen molar-refractivity contribution in [2.45, 2.75) is 310 Å². The monoisotopic (exact) mass is 1610 g/mol. The van der Waals surface area contributed by atoms with Crippen molar-refractivity contribution in [3.05, 3.63) is 77.5 Å². The molecule has 0 atom stereocenters. The Bertz CT molecular complexity index is 2310. The van der Waals surface area contributed by atoms with Crippen molar-refractivity contribution >= 4 is 119 Å². The first-order valence-electron chi connectivity index (χ1n) is 33.5. The molecule has 0 saturated heterocycles. The predicted molar refractivity (Wildman–Crippen MR) is 373 cm³/mol. The molecule has 8 heteroatoms. The van der Waals surface area contributed by atoms with Gasteiger partial charge in [-0.25, -0.2) is 0 Å². The fourth-order valence-electron chi connectivity index (χ4n) is 11.8. The first kappa shape index (κ1) is 70.0. The van der Waals surface area contributed by atoms with E-state index in [9.17, 15) is 0 Å². The van der Waals surface area contributed by atoms with Crippen molar-refractivity contribution < 1.29 is 0 Å². The van der Waals surface area contributed by atoms with E-state index >= 15 is 0 Å². The predicted octanol–water partition coefficient (Wildman–Crippen LogP) is 23.7. The van der Waals surface area contributed by atoms with Crippen LogP contribution in [0.25, 0.3) is 44.4 Å². The Morgan fingerprint density at radius 3 is 0.700 bits per heavy atom. The molecule has 6 aromatic heterocycles. The number of halogens is 2. The van der Waals surface area contributed by atoms with E-state index in [1.165, 1.54) is 289 Å². The Kier molecular flexibility index (Phi) is 38.2. The molecule has 0 aliphatic carbocycles. The summed E-state index contributed by atoms with van der Waals surface area (Å²) in [7, 11) is 0. The van der Waals surface area contributed by atoms with Crippen molar-refractivity contribution in [1.82, 2.24) is 0 Å². The zero-order valence-electron chi connectivity index (χ0n) is 50.9. The van der Waals surface area contributed by atoms with Crippen molar-refractivity contribution in [1.29, 1.82) is 0 Å². The first-order valence-corrected chi connectivity index (χ1v) is 45.3. The third kappa shape index (κ3) is 26.3. The molecule has 0 amide bonds. The van der Waals surface area contributed by atoms with E-state index in [1.54, 1.807) is 66.6 Å². The van der Waals surface area contributed by atoms with Gasteiger partial charge in [0.1, 0.15) is 0 Å². The van der Waals surface area contributed by atoms with Crippen LogP contribution in [0.1, 0.15) is 307 Å². The van der Waals surface area contributed by atoms with Crippen LogP contribution < -0.4 is 0 Å². The minimum atomic E-state index is 0.392. The van der Waals surface area contributed by atoms with Crippen LogP contribution in [-0.4, -0.2) is 87.0 Å². The fourth-order valence-corrected chi connectivity index (χ4v) is 30.6. The van der Waals surface area contributed by atoms with Gasteiger partial charge in [-0.3, -0.25) is 0 Å². The number of rotatable bonds is 49. The number of hydrogen-bond acceptors (Lipinski definition) is 0. The van der Waals surface area contributed by atoms with Gasteiger partial charge in [-0.05, 0) is 0 Å². The minimum absolute atomic E-state index is 0.392. The van der Waals surface area contributed by atoms with E-state index < -0.39 is 0 Å². The van der Waals surface area contributed by atoms with Crippen molar-refractivity contribution in [2.75, 3.05) is 0 Å². The van der Waals surface area contributed by atoms with Crippen LogP contribution in [0.4, 0.5) is 0 Å². The average molecular weight is 1610 g/mol. The second kappa shape index (κ2) is 43.6. The Morgan fingerprint density at radius 2 is 0.438 bits per heavy atom. The zero-order chi connectivity index (χ0) is 56.2. The standard InChI is InChI=1S/C72H108Br2Se6/c1-5-9-13-17-21-25-29-33-37-41-45-57-53-65(71-59(55-67(73)79-71)47-43-39-35-31-27-23-19-15-11-7-3)77-69(57)63-51-49-61(75-63)62-50-52-64(76-62)70-58(46-42-38-34-30-26-22-18-14-10-6-2)54-66(78-70)72-60(56-68(74)80-72)48-44-40-36-32-28-24-20-16-12-8-4/h49-56H,5-48H2,1-4H3. The molecule has 0 spiro atoms. The average Bonchev–Trinajstić information content (AvgIpc) is 4.35. The van der Waals surface area contributed by atoms with E-state index in [4.69, 9.17) is 0 Å². The maximum absolute atomic E-state index is 4.06. The SMILES string of the molecule is CCCCCCCCCCCCc1cc(Br)[se]c1-c1cc(CCCCCCCCCCCC)c(-c2ccc(-c3ccc(-c4[se]c(-c5[se]c(Br)cc5CCCCCCCCCCCC)cc4CCCCCCCCCCCC)[se]3)[se]2)[se]1. The molecule has 0 saturated carbocycles. The summed E-state index contributed by atoms with van der Waals surface area (Å²) in [4.78, 5) is 0. The van der Waals surface area contributed by atoms with Gasteiger partial charge in [0.15, 0.2) is 0 Å². The Labute approximate surface area is 545 Å². The molecule has 446 valence electrons. The van der Waals surface area contributed by atoms with Gasteiger partial charge in [-0.15, -0.1) is 0 Å².